The molecular weight excluding hydrogens is 771 g/mol. The summed E-state index contributed by atoms with van der Waals surface area (Å²) < 4.78 is 1.01. The zero-order valence-corrected chi connectivity index (χ0v) is 33.4. The van der Waals surface area contributed by atoms with E-state index in [0.717, 1.165) is 77.9 Å². The number of para-hydroxylation sites is 5. The highest BCUT2D eigenvalue weighted by Gasteiger charge is 2.24. The van der Waals surface area contributed by atoms with Gasteiger partial charge in [0.05, 0.1) is 28.4 Å². The minimum atomic E-state index is 1.01. The molecule has 0 aliphatic carbocycles. The maximum atomic E-state index is 3.79. The van der Waals surface area contributed by atoms with Crippen molar-refractivity contribution in [3.8, 4) is 22.3 Å². The molecule has 0 N–H and O–H groups in total. The predicted octanol–water partition coefficient (Wildman–Crippen LogP) is 16.2. The van der Waals surface area contributed by atoms with E-state index in [1.807, 2.05) is 0 Å². The lowest BCUT2D eigenvalue weighted by Crippen LogP contribution is -2.17. The predicted molar refractivity (Wildman–Crippen MR) is 249 cm³/mol. The molecule has 0 unspecified atom stereocenters. The van der Waals surface area contributed by atoms with Gasteiger partial charge in [0.2, 0.25) is 0 Å². The first-order valence-corrected chi connectivity index (χ1v) is 20.3. The summed E-state index contributed by atoms with van der Waals surface area (Å²) in [6, 6.07) is 86.2. The van der Waals surface area contributed by atoms with Crippen LogP contribution in [0.5, 0.6) is 0 Å². The van der Waals surface area contributed by atoms with Gasteiger partial charge in [0, 0.05) is 38.3 Å². The van der Waals surface area contributed by atoms with Crippen molar-refractivity contribution in [2.45, 2.75) is 0 Å². The third kappa shape index (κ3) is 7.66. The molecule has 58 heavy (non-hydrogen) atoms. The van der Waals surface area contributed by atoms with E-state index >= 15 is 0 Å². The van der Waals surface area contributed by atoms with Crippen molar-refractivity contribution in [3.05, 3.63) is 247 Å². The molecule has 0 amide bonds. The number of rotatable bonds is 11. The first-order chi connectivity index (χ1) is 28.7. The molecule has 0 radical (unpaired) electrons. The van der Waals surface area contributed by atoms with E-state index in [1.54, 1.807) is 0 Å². The molecule has 0 bridgehead atoms. The summed E-state index contributed by atoms with van der Waals surface area (Å²) in [4.78, 5) is 7.13. The molecule has 0 heterocycles. The largest absolute Gasteiger partial charge is 0.310 e. The minimum absolute atomic E-state index is 1.01. The van der Waals surface area contributed by atoms with Gasteiger partial charge in [-0.25, -0.2) is 0 Å². The quantitative estimate of drug-likeness (QED) is 0.129. The Morgan fingerprint density at radius 3 is 0.983 bits per heavy atom. The normalized spacial score (nSPS) is 10.8. The average Bonchev–Trinajstić information content (AvgIpc) is 3.29. The Bertz CT molecular complexity index is 2600. The molecule has 9 aromatic carbocycles. The summed E-state index contributed by atoms with van der Waals surface area (Å²) in [5.41, 5.74) is 14.0. The van der Waals surface area contributed by atoms with Crippen LogP contribution in [0.2, 0.25) is 0 Å². The molecule has 3 nitrogen and oxygen atoms in total. The molecule has 4 heteroatoms. The summed E-state index contributed by atoms with van der Waals surface area (Å²) in [6.07, 6.45) is 0. The Kier molecular flexibility index (Phi) is 10.7. The lowest BCUT2D eigenvalue weighted by Gasteiger charge is -2.34. The van der Waals surface area contributed by atoms with E-state index in [4.69, 9.17) is 0 Å². The fourth-order valence-corrected chi connectivity index (χ4v) is 8.06. The van der Waals surface area contributed by atoms with Gasteiger partial charge in [-0.15, -0.1) is 0 Å². The van der Waals surface area contributed by atoms with Gasteiger partial charge in [0.1, 0.15) is 0 Å². The van der Waals surface area contributed by atoms with Crippen LogP contribution in [0.3, 0.4) is 0 Å². The van der Waals surface area contributed by atoms with E-state index in [9.17, 15) is 0 Å². The molecule has 0 saturated carbocycles. The molecule has 0 aromatic heterocycles. The van der Waals surface area contributed by atoms with Crippen molar-refractivity contribution in [1.82, 2.24) is 0 Å². The number of halogens is 1. The monoisotopic (exact) mass is 809 g/mol. The van der Waals surface area contributed by atoms with Crippen molar-refractivity contribution in [2.75, 3.05) is 14.7 Å². The standard InChI is InChI=1S/C54H40BrN3/c55-43-25-20-32-47(37-43)56(44-26-10-3-11-27-44)48-38-49(57(45-28-12-4-13-29-45)53-35-18-16-33-51(53)41-21-6-1-7-22-41)40-50(39-48)58(46-30-14-5-15-31-46)54-36-19-17-34-52(54)42-23-8-2-9-24-42/h1-40H. The smallest absolute Gasteiger partial charge is 0.0540 e. The van der Waals surface area contributed by atoms with Crippen molar-refractivity contribution in [2.24, 2.45) is 0 Å². The number of hydrogen-bond acceptors (Lipinski definition) is 3. The van der Waals surface area contributed by atoms with Crippen LogP contribution in [-0.4, -0.2) is 0 Å². The van der Waals surface area contributed by atoms with Gasteiger partial charge >= 0.3 is 0 Å². The zero-order valence-electron chi connectivity index (χ0n) is 31.8. The molecule has 0 aliphatic rings. The Morgan fingerprint density at radius 1 is 0.241 bits per heavy atom. The maximum Gasteiger partial charge on any atom is 0.0540 e. The third-order valence-corrected chi connectivity index (χ3v) is 10.7. The minimum Gasteiger partial charge on any atom is -0.310 e. The van der Waals surface area contributed by atoms with Crippen LogP contribution in [0.15, 0.2) is 247 Å². The molecule has 0 aliphatic heterocycles. The highest BCUT2D eigenvalue weighted by molar-refractivity contribution is 9.10. The first kappa shape index (κ1) is 36.5. The van der Waals surface area contributed by atoms with Gasteiger partial charge in [-0.05, 0) is 96.1 Å². The summed E-state index contributed by atoms with van der Waals surface area (Å²) in [6.45, 7) is 0. The van der Waals surface area contributed by atoms with Crippen molar-refractivity contribution >= 4 is 67.1 Å². The van der Waals surface area contributed by atoms with Crippen LogP contribution in [0.25, 0.3) is 22.3 Å². The summed E-state index contributed by atoms with van der Waals surface area (Å²) in [5.74, 6) is 0. The Morgan fingerprint density at radius 2 is 0.569 bits per heavy atom. The number of benzene rings is 9. The van der Waals surface area contributed by atoms with Crippen molar-refractivity contribution < 1.29 is 0 Å². The Labute approximate surface area is 349 Å². The highest BCUT2D eigenvalue weighted by Crippen LogP contribution is 2.48. The highest BCUT2D eigenvalue weighted by atomic mass is 79.9. The van der Waals surface area contributed by atoms with Crippen LogP contribution < -0.4 is 14.7 Å². The fraction of sp³-hybridized carbons (Fsp3) is 0. The second kappa shape index (κ2) is 16.9. The van der Waals surface area contributed by atoms with Gasteiger partial charge in [-0.1, -0.05) is 174 Å². The zero-order chi connectivity index (χ0) is 39.1. The molecule has 0 spiro atoms. The average molecular weight is 811 g/mol. The van der Waals surface area contributed by atoms with E-state index in [-0.39, 0.29) is 0 Å². The van der Waals surface area contributed by atoms with Crippen molar-refractivity contribution in [3.63, 3.8) is 0 Å². The summed E-state index contributed by atoms with van der Waals surface area (Å²) in [7, 11) is 0. The van der Waals surface area contributed by atoms with Crippen LogP contribution in [0.4, 0.5) is 51.2 Å². The second-order valence-electron chi connectivity index (χ2n) is 14.0. The molecule has 278 valence electrons. The van der Waals surface area contributed by atoms with Crippen LogP contribution >= 0.6 is 15.9 Å². The summed E-state index contributed by atoms with van der Waals surface area (Å²) in [5, 5.41) is 0. The van der Waals surface area contributed by atoms with E-state index in [1.165, 1.54) is 0 Å². The Hall–Kier alpha value is -7.14. The van der Waals surface area contributed by atoms with Crippen molar-refractivity contribution in [1.29, 1.82) is 0 Å². The lowest BCUT2D eigenvalue weighted by atomic mass is 10.0. The molecule has 9 rings (SSSR count). The van der Waals surface area contributed by atoms with Gasteiger partial charge in [0.25, 0.3) is 0 Å². The number of anilines is 9. The molecule has 9 aromatic rings. The van der Waals surface area contributed by atoms with E-state index in [0.29, 0.717) is 0 Å². The summed E-state index contributed by atoms with van der Waals surface area (Å²) >= 11 is 3.79. The molecule has 0 fully saturated rings. The van der Waals surface area contributed by atoms with E-state index < -0.39 is 0 Å². The second-order valence-corrected chi connectivity index (χ2v) is 14.9. The topological polar surface area (TPSA) is 9.72 Å². The molecule has 0 atom stereocenters. The van der Waals surface area contributed by atoms with Crippen LogP contribution in [0, 0.1) is 0 Å². The first-order valence-electron chi connectivity index (χ1n) is 19.5. The number of nitrogens with zero attached hydrogens (tertiary/aromatic N) is 3. The molecule has 0 saturated heterocycles. The fourth-order valence-electron chi connectivity index (χ4n) is 7.68. The molecular formula is C54H40BrN3. The van der Waals surface area contributed by atoms with Gasteiger partial charge in [-0.2, -0.15) is 0 Å². The lowest BCUT2D eigenvalue weighted by molar-refractivity contribution is 1.22. The van der Waals surface area contributed by atoms with Gasteiger partial charge in [0.15, 0.2) is 0 Å². The van der Waals surface area contributed by atoms with Crippen LogP contribution in [0.1, 0.15) is 0 Å². The SMILES string of the molecule is Brc1cccc(N(c2ccccc2)c2cc(N(c3ccccc3)c3ccccc3-c3ccccc3)cc(N(c3ccccc3)c3ccccc3-c3ccccc3)c2)c1. The van der Waals surface area contributed by atoms with E-state index in [2.05, 4.69) is 273 Å². The van der Waals surface area contributed by atoms with Crippen LogP contribution in [-0.2, 0) is 0 Å². The third-order valence-electron chi connectivity index (χ3n) is 10.2. The number of hydrogen-bond donors (Lipinski definition) is 0. The Balaban J connectivity index is 1.37. The maximum absolute atomic E-state index is 3.79. The van der Waals surface area contributed by atoms with Gasteiger partial charge < -0.3 is 14.7 Å². The van der Waals surface area contributed by atoms with Gasteiger partial charge in [-0.3, -0.25) is 0 Å².